The first-order valence-corrected chi connectivity index (χ1v) is 9.60. The van der Waals surface area contributed by atoms with Crippen LogP contribution in [0.5, 0.6) is 0 Å². The molecule has 0 bridgehead atoms. The molecule has 0 N–H and O–H groups in total. The van der Waals surface area contributed by atoms with Gasteiger partial charge in [0.2, 0.25) is 0 Å². The first kappa shape index (κ1) is 27.7. The summed E-state index contributed by atoms with van der Waals surface area (Å²) < 4.78 is 0. The van der Waals surface area contributed by atoms with Crippen LogP contribution in [0.2, 0.25) is 0 Å². The van der Waals surface area contributed by atoms with E-state index in [0.29, 0.717) is 6.42 Å². The van der Waals surface area contributed by atoms with E-state index in [1.807, 2.05) is 67.6 Å². The highest BCUT2D eigenvalue weighted by molar-refractivity contribution is 5.85. The van der Waals surface area contributed by atoms with Crippen LogP contribution >= 0.6 is 0 Å². The highest BCUT2D eigenvalue weighted by Gasteiger charge is 2.31. The fourth-order valence-electron chi connectivity index (χ4n) is 2.07. The topological polar surface area (TPSA) is 20.3 Å². The Kier molecular flexibility index (Phi) is 17.7. The molecule has 0 radical (unpaired) electrons. The van der Waals surface area contributed by atoms with Crippen molar-refractivity contribution in [3.05, 3.63) is 35.4 Å². The molecule has 0 spiro atoms. The molecule has 1 aromatic carbocycles. The quantitative estimate of drug-likeness (QED) is 0.600. The predicted molar refractivity (Wildman–Crippen MR) is 111 cm³/mol. The molecule has 0 saturated heterocycles. The third-order valence-electron chi connectivity index (χ3n) is 3.58. The van der Waals surface area contributed by atoms with Crippen LogP contribution in [0.1, 0.15) is 92.8 Å². The van der Waals surface area contributed by atoms with Gasteiger partial charge >= 0.3 is 0 Å². The van der Waals surface area contributed by atoms with Gasteiger partial charge in [0.05, 0.1) is 6.04 Å². The molecule has 0 fully saturated rings. The van der Waals surface area contributed by atoms with Crippen molar-refractivity contribution in [2.75, 3.05) is 7.05 Å². The maximum absolute atomic E-state index is 12.3. The molecular weight excluding hydrogens is 294 g/mol. The van der Waals surface area contributed by atoms with Crippen molar-refractivity contribution >= 4 is 5.78 Å². The molecular formula is C22H43NO. The minimum atomic E-state index is -0.142. The first-order valence-electron chi connectivity index (χ1n) is 9.60. The Morgan fingerprint density at radius 2 is 1.42 bits per heavy atom. The number of nitrogens with zero attached hydrogens (tertiary/aromatic N) is 1. The lowest BCUT2D eigenvalue weighted by atomic mass is 9.92. The van der Waals surface area contributed by atoms with E-state index in [9.17, 15) is 4.79 Å². The van der Waals surface area contributed by atoms with Gasteiger partial charge in [-0.2, -0.15) is 0 Å². The lowest BCUT2D eigenvalue weighted by Crippen LogP contribution is -2.44. The number of hydrogen-bond acceptors (Lipinski definition) is 2. The summed E-state index contributed by atoms with van der Waals surface area (Å²) in [5, 5.41) is 0. The van der Waals surface area contributed by atoms with Gasteiger partial charge in [0.25, 0.3) is 0 Å². The number of benzene rings is 1. The van der Waals surface area contributed by atoms with Crippen molar-refractivity contribution in [1.29, 1.82) is 0 Å². The number of ketones is 1. The van der Waals surface area contributed by atoms with E-state index in [0.717, 1.165) is 5.56 Å². The lowest BCUT2D eigenvalue weighted by Gasteiger charge is -2.38. The molecule has 2 heteroatoms. The smallest absolute Gasteiger partial charge is 0.154 e. The second kappa shape index (κ2) is 15.4. The second-order valence-electron chi connectivity index (χ2n) is 5.86. The Labute approximate surface area is 152 Å². The van der Waals surface area contributed by atoms with Crippen molar-refractivity contribution in [3.8, 4) is 0 Å². The molecule has 0 heterocycles. The van der Waals surface area contributed by atoms with Gasteiger partial charge in [-0.25, -0.2) is 0 Å². The summed E-state index contributed by atoms with van der Waals surface area (Å²) in [5.74, 6) is 0.279. The van der Waals surface area contributed by atoms with Crippen molar-refractivity contribution in [2.24, 2.45) is 0 Å². The molecule has 0 aliphatic heterocycles. The number of carbonyl (C=O) groups is 1. The molecule has 0 amide bonds. The summed E-state index contributed by atoms with van der Waals surface area (Å²) in [4.78, 5) is 14.5. The maximum Gasteiger partial charge on any atom is 0.154 e. The lowest BCUT2D eigenvalue weighted by molar-refractivity contribution is -0.125. The van der Waals surface area contributed by atoms with Crippen molar-refractivity contribution in [2.45, 2.75) is 94.2 Å². The van der Waals surface area contributed by atoms with Gasteiger partial charge in [0, 0.05) is 12.0 Å². The van der Waals surface area contributed by atoms with Gasteiger partial charge in [-0.05, 0) is 45.9 Å². The van der Waals surface area contributed by atoms with Gasteiger partial charge in [-0.3, -0.25) is 9.69 Å². The van der Waals surface area contributed by atoms with Crippen LogP contribution < -0.4 is 0 Å². The highest BCUT2D eigenvalue weighted by Crippen LogP contribution is 2.30. The first-order chi connectivity index (χ1) is 11.3. The Hall–Kier alpha value is -1.15. The molecule has 1 aromatic rings. The highest BCUT2D eigenvalue weighted by atomic mass is 16.1. The Balaban J connectivity index is -0.000000659. The average molecular weight is 338 g/mol. The van der Waals surface area contributed by atoms with Crippen LogP contribution in [0.3, 0.4) is 0 Å². The van der Waals surface area contributed by atoms with E-state index in [2.05, 4.69) is 44.7 Å². The molecule has 0 saturated carbocycles. The zero-order chi connectivity index (χ0) is 19.9. The number of hydrogen-bond donors (Lipinski definition) is 0. The van der Waals surface area contributed by atoms with Gasteiger partial charge in [0.15, 0.2) is 5.78 Å². The van der Waals surface area contributed by atoms with E-state index < -0.39 is 0 Å². The van der Waals surface area contributed by atoms with Crippen LogP contribution in [0.15, 0.2) is 24.3 Å². The van der Waals surface area contributed by atoms with Crippen molar-refractivity contribution in [3.63, 3.8) is 0 Å². The molecule has 0 aliphatic carbocycles. The number of Topliss-reactive ketones (excluding diaryl/α,β-unsaturated/α-hetero) is 1. The van der Waals surface area contributed by atoms with Crippen molar-refractivity contribution in [1.82, 2.24) is 4.90 Å². The molecule has 0 aliphatic rings. The van der Waals surface area contributed by atoms with Crippen LogP contribution in [0, 0.1) is 6.92 Å². The summed E-state index contributed by atoms with van der Waals surface area (Å²) in [7, 11) is 2.03. The minimum absolute atomic E-state index is 0.0300. The summed E-state index contributed by atoms with van der Waals surface area (Å²) in [6, 6.07) is 8.02. The normalized spacial score (nSPS) is 11.0. The minimum Gasteiger partial charge on any atom is -0.298 e. The summed E-state index contributed by atoms with van der Waals surface area (Å²) in [5.41, 5.74) is 2.28. The van der Waals surface area contributed by atoms with Crippen LogP contribution in [-0.4, -0.2) is 23.3 Å². The largest absolute Gasteiger partial charge is 0.298 e. The van der Waals surface area contributed by atoms with E-state index in [-0.39, 0.29) is 17.4 Å². The number of likely N-dealkylation sites (N-methyl/N-ethyl adjacent to an activating group) is 1. The third kappa shape index (κ3) is 9.22. The zero-order valence-corrected chi connectivity index (χ0v) is 18.4. The molecule has 0 aromatic heterocycles. The number of aryl methyl sites for hydroxylation is 1. The molecule has 2 nitrogen and oxygen atoms in total. The molecule has 1 rings (SSSR count). The number of rotatable bonds is 4. The summed E-state index contributed by atoms with van der Waals surface area (Å²) in [6.07, 6.45) is 0.569. The van der Waals surface area contributed by atoms with Crippen LogP contribution in [-0.2, 0) is 4.79 Å². The third-order valence-corrected chi connectivity index (χ3v) is 3.58. The monoisotopic (exact) mass is 337 g/mol. The van der Waals surface area contributed by atoms with Crippen molar-refractivity contribution < 1.29 is 4.79 Å². The fraction of sp³-hybridized carbons (Fsp3) is 0.682. The average Bonchev–Trinajstić information content (AvgIpc) is 2.61. The maximum atomic E-state index is 12.3. The van der Waals surface area contributed by atoms with Crippen LogP contribution in [0.4, 0.5) is 0 Å². The molecule has 24 heavy (non-hydrogen) atoms. The van der Waals surface area contributed by atoms with E-state index >= 15 is 0 Å². The van der Waals surface area contributed by atoms with E-state index in [1.165, 1.54) is 5.56 Å². The van der Waals surface area contributed by atoms with E-state index in [4.69, 9.17) is 0 Å². The molecule has 142 valence electrons. The van der Waals surface area contributed by atoms with E-state index in [1.54, 1.807) is 0 Å². The molecule has 1 unspecified atom stereocenters. The SMILES string of the molecule is CC.CC.CC.CCC(=O)C(c1ccccc1C)N(C)C(C)(C)C. The Morgan fingerprint density at radius 3 is 1.75 bits per heavy atom. The second-order valence-corrected chi connectivity index (χ2v) is 5.86. The van der Waals surface area contributed by atoms with Gasteiger partial charge in [-0.15, -0.1) is 0 Å². The Morgan fingerprint density at radius 1 is 1.00 bits per heavy atom. The van der Waals surface area contributed by atoms with Gasteiger partial charge in [0.1, 0.15) is 0 Å². The van der Waals surface area contributed by atoms with Gasteiger partial charge < -0.3 is 0 Å². The predicted octanol–water partition coefficient (Wildman–Crippen LogP) is 6.82. The summed E-state index contributed by atoms with van der Waals surface area (Å²) in [6.45, 7) is 22.4. The van der Waals surface area contributed by atoms with Gasteiger partial charge in [-0.1, -0.05) is 72.7 Å². The standard InChI is InChI=1S/C16H25NO.3C2H6/c1-7-14(18)15(17(6)16(3,4)5)13-11-9-8-10-12(13)2;3*1-2/h8-11,15H,7H2,1-6H3;3*1-2H3. The zero-order valence-electron chi connectivity index (χ0n) is 18.4. The summed E-state index contributed by atoms with van der Waals surface area (Å²) >= 11 is 0. The van der Waals surface area contributed by atoms with Crippen LogP contribution in [0.25, 0.3) is 0 Å². The number of carbonyl (C=O) groups excluding carboxylic acids is 1. The molecule has 1 atom stereocenters. The Bertz CT molecular complexity index is 418. The fourth-order valence-corrected chi connectivity index (χ4v) is 2.07.